The van der Waals surface area contributed by atoms with Crippen LogP contribution in [0.25, 0.3) is 0 Å². The van der Waals surface area contributed by atoms with Crippen molar-refractivity contribution in [3.05, 3.63) is 89.0 Å². The van der Waals surface area contributed by atoms with Crippen molar-refractivity contribution in [3.63, 3.8) is 0 Å². The highest BCUT2D eigenvalue weighted by atomic mass is 35.5. The number of benzene rings is 1. The van der Waals surface area contributed by atoms with Gasteiger partial charge in [0.05, 0.1) is 23.6 Å². The number of rotatable bonds is 4. The van der Waals surface area contributed by atoms with Crippen LogP contribution >= 0.6 is 11.6 Å². The molecule has 5 heteroatoms. The van der Waals surface area contributed by atoms with Crippen molar-refractivity contribution < 1.29 is 0 Å². The van der Waals surface area contributed by atoms with E-state index in [0.717, 1.165) is 49.9 Å². The standard InChI is InChI=1S/C23H23ClN4/c24-19-8-6-18(7-9-19)14-27-13-10-23(16-27)17-28(15-20-4-1-2-11-25-20)21-5-3-12-26-22(21)23/h1-9,11-12H,10,13-17H2. The van der Waals surface area contributed by atoms with E-state index in [9.17, 15) is 0 Å². The van der Waals surface area contributed by atoms with Crippen molar-refractivity contribution in [2.75, 3.05) is 24.5 Å². The highest BCUT2D eigenvalue weighted by Gasteiger charge is 2.48. The highest BCUT2D eigenvalue weighted by molar-refractivity contribution is 6.30. The largest absolute Gasteiger partial charge is 0.363 e. The molecule has 0 N–H and O–H groups in total. The van der Waals surface area contributed by atoms with Crippen LogP contribution in [-0.2, 0) is 18.5 Å². The first kappa shape index (κ1) is 17.7. The fourth-order valence-corrected chi connectivity index (χ4v) is 4.80. The minimum Gasteiger partial charge on any atom is -0.363 e. The van der Waals surface area contributed by atoms with Crippen LogP contribution in [0.15, 0.2) is 67.0 Å². The number of pyridine rings is 2. The second-order valence-corrected chi connectivity index (χ2v) is 8.35. The van der Waals surface area contributed by atoms with Crippen molar-refractivity contribution in [2.45, 2.75) is 24.9 Å². The van der Waals surface area contributed by atoms with Crippen molar-refractivity contribution >= 4 is 17.3 Å². The van der Waals surface area contributed by atoms with E-state index in [4.69, 9.17) is 16.6 Å². The lowest BCUT2D eigenvalue weighted by atomic mass is 9.85. The maximum Gasteiger partial charge on any atom is 0.0729 e. The Bertz CT molecular complexity index is 960. The van der Waals surface area contributed by atoms with E-state index in [-0.39, 0.29) is 5.41 Å². The van der Waals surface area contributed by atoms with Gasteiger partial charge in [-0.1, -0.05) is 29.8 Å². The maximum absolute atomic E-state index is 6.03. The number of likely N-dealkylation sites (tertiary alicyclic amines) is 1. The van der Waals surface area contributed by atoms with E-state index in [0.29, 0.717) is 0 Å². The number of anilines is 1. The first-order chi connectivity index (χ1) is 13.7. The second-order valence-electron chi connectivity index (χ2n) is 7.92. The van der Waals surface area contributed by atoms with Crippen LogP contribution in [0.1, 0.15) is 23.4 Å². The molecule has 2 aromatic heterocycles. The predicted molar refractivity (Wildman–Crippen MR) is 113 cm³/mol. The van der Waals surface area contributed by atoms with Gasteiger partial charge >= 0.3 is 0 Å². The molecule has 0 amide bonds. The summed E-state index contributed by atoms with van der Waals surface area (Å²) in [6.07, 6.45) is 4.95. The minimum absolute atomic E-state index is 0.109. The molecule has 2 aliphatic rings. The van der Waals surface area contributed by atoms with Crippen LogP contribution in [0.4, 0.5) is 5.69 Å². The molecular weight excluding hydrogens is 368 g/mol. The number of fused-ring (bicyclic) bond motifs is 2. The molecule has 1 saturated heterocycles. The van der Waals surface area contributed by atoms with E-state index in [2.05, 4.69) is 45.1 Å². The zero-order chi connectivity index (χ0) is 19.0. The summed E-state index contributed by atoms with van der Waals surface area (Å²) in [4.78, 5) is 14.4. The Labute approximate surface area is 170 Å². The topological polar surface area (TPSA) is 32.3 Å². The summed E-state index contributed by atoms with van der Waals surface area (Å²) in [6.45, 7) is 4.93. The number of hydrogen-bond donors (Lipinski definition) is 0. The summed E-state index contributed by atoms with van der Waals surface area (Å²) in [5.74, 6) is 0. The Hall–Kier alpha value is -2.43. The lowest BCUT2D eigenvalue weighted by Crippen LogP contribution is -2.36. The summed E-state index contributed by atoms with van der Waals surface area (Å²) < 4.78 is 0. The molecule has 1 unspecified atom stereocenters. The molecule has 1 aromatic carbocycles. The normalized spacial score (nSPS) is 21.4. The molecule has 0 aliphatic carbocycles. The van der Waals surface area contributed by atoms with Gasteiger partial charge in [-0.25, -0.2) is 0 Å². The molecular formula is C23H23ClN4. The number of nitrogens with zero attached hydrogens (tertiary/aromatic N) is 4. The number of hydrogen-bond acceptors (Lipinski definition) is 4. The minimum atomic E-state index is 0.109. The lowest BCUT2D eigenvalue weighted by molar-refractivity contribution is 0.305. The SMILES string of the molecule is Clc1ccc(CN2CCC3(C2)CN(Cc2ccccn2)c2cccnc23)cc1. The molecule has 0 saturated carbocycles. The van der Waals surface area contributed by atoms with Gasteiger partial charge in [0.15, 0.2) is 0 Å². The Morgan fingerprint density at radius 1 is 0.893 bits per heavy atom. The van der Waals surface area contributed by atoms with Crippen molar-refractivity contribution in [1.82, 2.24) is 14.9 Å². The van der Waals surface area contributed by atoms with Crippen LogP contribution in [0.5, 0.6) is 0 Å². The molecule has 2 aliphatic heterocycles. The second kappa shape index (κ2) is 7.19. The molecule has 3 aromatic rings. The number of halogens is 1. The summed E-state index contributed by atoms with van der Waals surface area (Å²) in [5, 5.41) is 0.792. The zero-order valence-corrected chi connectivity index (χ0v) is 16.5. The van der Waals surface area contributed by atoms with Gasteiger partial charge in [0, 0.05) is 42.5 Å². The van der Waals surface area contributed by atoms with E-state index < -0.39 is 0 Å². The average molecular weight is 391 g/mol. The smallest absolute Gasteiger partial charge is 0.0729 e. The Morgan fingerprint density at radius 3 is 2.57 bits per heavy atom. The van der Waals surface area contributed by atoms with Gasteiger partial charge in [-0.05, 0) is 54.9 Å². The summed E-state index contributed by atoms with van der Waals surface area (Å²) in [5.41, 5.74) is 5.04. The third kappa shape index (κ3) is 3.27. The predicted octanol–water partition coefficient (Wildman–Crippen LogP) is 4.29. The first-order valence-electron chi connectivity index (χ1n) is 9.79. The Morgan fingerprint density at radius 2 is 1.75 bits per heavy atom. The summed E-state index contributed by atoms with van der Waals surface area (Å²) >= 11 is 6.03. The van der Waals surface area contributed by atoms with E-state index in [1.54, 1.807) is 0 Å². The zero-order valence-electron chi connectivity index (χ0n) is 15.8. The number of aromatic nitrogens is 2. The van der Waals surface area contributed by atoms with Crippen LogP contribution in [0.2, 0.25) is 5.02 Å². The summed E-state index contributed by atoms with van der Waals surface area (Å²) in [7, 11) is 0. The fourth-order valence-electron chi connectivity index (χ4n) is 4.68. The molecule has 0 bridgehead atoms. The van der Waals surface area contributed by atoms with Gasteiger partial charge in [0.25, 0.3) is 0 Å². The third-order valence-corrected chi connectivity index (χ3v) is 6.21. The Balaban J connectivity index is 1.37. The third-order valence-electron chi connectivity index (χ3n) is 5.95. The van der Waals surface area contributed by atoms with Gasteiger partial charge in [0.1, 0.15) is 0 Å². The van der Waals surface area contributed by atoms with Gasteiger partial charge in [-0.2, -0.15) is 0 Å². The maximum atomic E-state index is 6.03. The van der Waals surface area contributed by atoms with Gasteiger partial charge in [0.2, 0.25) is 0 Å². The lowest BCUT2D eigenvalue weighted by Gasteiger charge is -2.26. The van der Waals surface area contributed by atoms with Crippen LogP contribution < -0.4 is 4.90 Å². The van der Waals surface area contributed by atoms with Crippen LogP contribution in [0.3, 0.4) is 0 Å². The van der Waals surface area contributed by atoms with Gasteiger partial charge < -0.3 is 4.90 Å². The molecule has 4 nitrogen and oxygen atoms in total. The molecule has 0 radical (unpaired) electrons. The monoisotopic (exact) mass is 390 g/mol. The molecule has 142 valence electrons. The van der Waals surface area contributed by atoms with Crippen LogP contribution in [-0.4, -0.2) is 34.5 Å². The van der Waals surface area contributed by atoms with E-state index >= 15 is 0 Å². The van der Waals surface area contributed by atoms with Crippen molar-refractivity contribution in [2.24, 2.45) is 0 Å². The van der Waals surface area contributed by atoms with Gasteiger partial charge in [-0.15, -0.1) is 0 Å². The molecule has 4 heterocycles. The van der Waals surface area contributed by atoms with Crippen molar-refractivity contribution in [1.29, 1.82) is 0 Å². The fraction of sp³-hybridized carbons (Fsp3) is 0.304. The van der Waals surface area contributed by atoms with Crippen LogP contribution in [0, 0.1) is 0 Å². The van der Waals surface area contributed by atoms with Crippen molar-refractivity contribution in [3.8, 4) is 0 Å². The Kier molecular flexibility index (Phi) is 4.53. The van der Waals surface area contributed by atoms with E-state index in [1.165, 1.54) is 16.9 Å². The average Bonchev–Trinajstić information content (AvgIpc) is 3.26. The molecule has 1 spiro atoms. The summed E-state index contributed by atoms with van der Waals surface area (Å²) in [6, 6.07) is 18.6. The highest BCUT2D eigenvalue weighted by Crippen LogP contribution is 2.45. The molecule has 28 heavy (non-hydrogen) atoms. The molecule has 5 rings (SSSR count). The molecule has 1 atom stereocenters. The van der Waals surface area contributed by atoms with Gasteiger partial charge in [-0.3, -0.25) is 14.9 Å². The molecule has 1 fully saturated rings. The quantitative estimate of drug-likeness (QED) is 0.665. The van der Waals surface area contributed by atoms with E-state index in [1.807, 2.05) is 36.7 Å². The first-order valence-corrected chi connectivity index (χ1v) is 10.2.